The summed E-state index contributed by atoms with van der Waals surface area (Å²) in [6.07, 6.45) is 5.81. The summed E-state index contributed by atoms with van der Waals surface area (Å²) >= 11 is 0. The van der Waals surface area contributed by atoms with Crippen molar-refractivity contribution >= 4 is 0 Å². The number of hydrogen-bond acceptors (Lipinski definition) is 5. The number of methoxy groups -OCH3 is 1. The molecule has 1 aliphatic heterocycles. The minimum atomic E-state index is 0.198. The van der Waals surface area contributed by atoms with Gasteiger partial charge < -0.3 is 9.30 Å². The maximum atomic E-state index is 5.60. The molecule has 174 valence electrons. The summed E-state index contributed by atoms with van der Waals surface area (Å²) in [6.45, 7) is 2.82. The molecule has 0 bridgehead atoms. The highest BCUT2D eigenvalue weighted by Gasteiger charge is 2.27. The molecule has 0 N–H and O–H groups in total. The van der Waals surface area contributed by atoms with Crippen molar-refractivity contribution in [3.63, 3.8) is 0 Å². The third kappa shape index (κ3) is 3.99. The van der Waals surface area contributed by atoms with Gasteiger partial charge in [0.2, 0.25) is 5.88 Å². The predicted octanol–water partition coefficient (Wildman–Crippen LogP) is 5.44. The van der Waals surface area contributed by atoms with E-state index in [1.807, 2.05) is 40.6 Å². The van der Waals surface area contributed by atoms with Crippen molar-refractivity contribution in [3.05, 3.63) is 96.3 Å². The van der Waals surface area contributed by atoms with E-state index in [2.05, 4.69) is 53.5 Å². The molecule has 3 aromatic heterocycles. The Balaban J connectivity index is 1.35. The fourth-order valence-corrected chi connectivity index (χ4v) is 4.80. The minimum Gasteiger partial charge on any atom is -0.479 e. The summed E-state index contributed by atoms with van der Waals surface area (Å²) in [7, 11) is 1.63. The summed E-state index contributed by atoms with van der Waals surface area (Å²) in [4.78, 5) is 14.0. The third-order valence-corrected chi connectivity index (χ3v) is 6.52. The van der Waals surface area contributed by atoms with E-state index in [9.17, 15) is 0 Å². The second-order valence-electron chi connectivity index (χ2n) is 8.85. The highest BCUT2D eigenvalue weighted by Crippen LogP contribution is 2.35. The molecule has 2 aromatic carbocycles. The Morgan fingerprint density at radius 3 is 2.60 bits per heavy atom. The number of rotatable bonds is 5. The number of ether oxygens (including phenoxy) is 1. The fraction of sp³-hybridized carbons (Fsp3) is 0.214. The highest BCUT2D eigenvalue weighted by molar-refractivity contribution is 5.64. The lowest BCUT2D eigenvalue weighted by Gasteiger charge is -2.22. The van der Waals surface area contributed by atoms with Gasteiger partial charge in [0.25, 0.3) is 0 Å². The average Bonchev–Trinajstić information content (AvgIpc) is 3.55. The van der Waals surface area contributed by atoms with Crippen LogP contribution in [0.4, 0.5) is 0 Å². The number of imidazole rings is 1. The Labute approximate surface area is 204 Å². The second kappa shape index (κ2) is 8.83. The van der Waals surface area contributed by atoms with Crippen molar-refractivity contribution < 1.29 is 4.74 Å². The topological polar surface area (TPSA) is 70.7 Å². The van der Waals surface area contributed by atoms with Gasteiger partial charge in [-0.15, -0.1) is 5.10 Å². The van der Waals surface area contributed by atoms with Crippen LogP contribution in [0.5, 0.6) is 5.88 Å². The maximum absolute atomic E-state index is 5.60. The van der Waals surface area contributed by atoms with Gasteiger partial charge in [-0.25, -0.2) is 19.6 Å². The van der Waals surface area contributed by atoms with E-state index < -0.39 is 0 Å². The van der Waals surface area contributed by atoms with Crippen molar-refractivity contribution in [1.82, 2.24) is 29.3 Å². The number of aromatic nitrogens is 6. The molecule has 5 aromatic rings. The molecule has 6 rings (SSSR count). The van der Waals surface area contributed by atoms with Crippen LogP contribution in [0.3, 0.4) is 0 Å². The zero-order valence-electron chi connectivity index (χ0n) is 19.8. The molecule has 0 spiro atoms. The van der Waals surface area contributed by atoms with Gasteiger partial charge in [0.1, 0.15) is 17.2 Å². The number of aryl methyl sites for hydroxylation is 2. The molecule has 0 fully saturated rings. The van der Waals surface area contributed by atoms with Gasteiger partial charge in [-0.2, -0.15) is 0 Å². The van der Waals surface area contributed by atoms with Crippen molar-refractivity contribution in [3.8, 4) is 34.2 Å². The highest BCUT2D eigenvalue weighted by atomic mass is 16.5. The zero-order valence-corrected chi connectivity index (χ0v) is 19.8. The first-order valence-electron chi connectivity index (χ1n) is 11.9. The molecule has 35 heavy (non-hydrogen) atoms. The van der Waals surface area contributed by atoms with Crippen LogP contribution < -0.4 is 4.74 Å². The van der Waals surface area contributed by atoms with Gasteiger partial charge >= 0.3 is 0 Å². The maximum Gasteiger partial charge on any atom is 0.238 e. The number of fused-ring (bicyclic) bond motifs is 1. The van der Waals surface area contributed by atoms with E-state index >= 15 is 0 Å². The Morgan fingerprint density at radius 1 is 0.943 bits per heavy atom. The fourth-order valence-electron chi connectivity index (χ4n) is 4.80. The van der Waals surface area contributed by atoms with Crippen LogP contribution >= 0.6 is 0 Å². The average molecular weight is 463 g/mol. The standard InChI is InChI=1S/C28H26N6O/c1-19-17-33(18-29-19)25-14-13-24(30-28(25)35-2)26-31-27-23(12-7-15-34(27)32-26)22-11-6-10-21(16-22)20-8-4-3-5-9-20/h3-6,8-11,13-14,16-18,23H,7,12,15H2,1-2H3. The van der Waals surface area contributed by atoms with Gasteiger partial charge in [0.05, 0.1) is 19.1 Å². The first-order valence-corrected chi connectivity index (χ1v) is 11.9. The molecule has 7 nitrogen and oxygen atoms in total. The van der Waals surface area contributed by atoms with E-state index in [0.717, 1.165) is 36.6 Å². The summed E-state index contributed by atoms with van der Waals surface area (Å²) < 4.78 is 9.55. The molecule has 1 atom stereocenters. The molecule has 4 heterocycles. The lowest BCUT2D eigenvalue weighted by molar-refractivity contribution is 0.396. The molecular formula is C28H26N6O. The van der Waals surface area contributed by atoms with Crippen LogP contribution in [0.15, 0.2) is 79.3 Å². The predicted molar refractivity (Wildman–Crippen MR) is 135 cm³/mol. The van der Waals surface area contributed by atoms with Crippen LogP contribution in [0.1, 0.15) is 35.8 Å². The van der Waals surface area contributed by atoms with Crippen molar-refractivity contribution in [2.75, 3.05) is 7.11 Å². The Morgan fingerprint density at radius 2 is 1.80 bits per heavy atom. The number of pyridine rings is 1. The van der Waals surface area contributed by atoms with E-state index in [1.54, 1.807) is 13.4 Å². The number of nitrogens with zero attached hydrogens (tertiary/aromatic N) is 6. The van der Waals surface area contributed by atoms with Crippen LogP contribution in [0.2, 0.25) is 0 Å². The normalized spacial score (nSPS) is 15.1. The first-order chi connectivity index (χ1) is 17.2. The smallest absolute Gasteiger partial charge is 0.238 e. The van der Waals surface area contributed by atoms with E-state index in [1.165, 1.54) is 16.7 Å². The van der Waals surface area contributed by atoms with E-state index in [0.29, 0.717) is 17.4 Å². The summed E-state index contributed by atoms with van der Waals surface area (Å²) in [5.41, 5.74) is 6.16. The first kappa shape index (κ1) is 21.3. The summed E-state index contributed by atoms with van der Waals surface area (Å²) in [6, 6.07) is 23.2. The molecule has 0 aliphatic carbocycles. The lowest BCUT2D eigenvalue weighted by Crippen LogP contribution is -2.18. The van der Waals surface area contributed by atoms with Crippen molar-refractivity contribution in [1.29, 1.82) is 0 Å². The Bertz CT molecular complexity index is 1490. The van der Waals surface area contributed by atoms with Gasteiger partial charge in [0.15, 0.2) is 5.82 Å². The Kier molecular flexibility index (Phi) is 5.37. The lowest BCUT2D eigenvalue weighted by atomic mass is 9.89. The van der Waals surface area contributed by atoms with E-state index in [-0.39, 0.29) is 5.92 Å². The van der Waals surface area contributed by atoms with Gasteiger partial charge in [0, 0.05) is 18.7 Å². The van der Waals surface area contributed by atoms with Gasteiger partial charge in [-0.3, -0.25) is 0 Å². The minimum absolute atomic E-state index is 0.198. The van der Waals surface area contributed by atoms with Crippen LogP contribution in [0.25, 0.3) is 28.3 Å². The van der Waals surface area contributed by atoms with E-state index in [4.69, 9.17) is 19.8 Å². The van der Waals surface area contributed by atoms with Crippen molar-refractivity contribution in [2.24, 2.45) is 0 Å². The summed E-state index contributed by atoms with van der Waals surface area (Å²) in [5, 5.41) is 4.83. The molecule has 1 unspecified atom stereocenters. The largest absolute Gasteiger partial charge is 0.479 e. The zero-order chi connectivity index (χ0) is 23.8. The molecule has 0 saturated heterocycles. The SMILES string of the molecule is COc1nc(-c2nc3n(n2)CCCC3c2cccc(-c3ccccc3)c2)ccc1-n1cnc(C)c1. The number of hydrogen-bond donors (Lipinski definition) is 0. The molecule has 0 radical (unpaired) electrons. The van der Waals surface area contributed by atoms with Crippen LogP contribution in [0, 0.1) is 6.92 Å². The monoisotopic (exact) mass is 462 g/mol. The quantitative estimate of drug-likeness (QED) is 0.348. The molecule has 0 saturated carbocycles. The second-order valence-corrected chi connectivity index (χ2v) is 8.85. The molecular weight excluding hydrogens is 436 g/mol. The molecule has 1 aliphatic rings. The van der Waals surface area contributed by atoms with Crippen LogP contribution in [-0.2, 0) is 6.54 Å². The Hall–Kier alpha value is -4.26. The van der Waals surface area contributed by atoms with Gasteiger partial charge in [-0.05, 0) is 48.6 Å². The van der Waals surface area contributed by atoms with Gasteiger partial charge in [-0.1, -0.05) is 54.6 Å². The number of benzene rings is 2. The molecule has 7 heteroatoms. The summed E-state index contributed by atoms with van der Waals surface area (Å²) in [5.74, 6) is 2.33. The van der Waals surface area contributed by atoms with Crippen molar-refractivity contribution in [2.45, 2.75) is 32.2 Å². The molecule has 0 amide bonds. The van der Waals surface area contributed by atoms with Crippen LogP contribution in [-0.4, -0.2) is 36.4 Å². The third-order valence-electron chi connectivity index (χ3n) is 6.52.